The molecule has 236 valence electrons. The molecule has 0 amide bonds. The monoisotopic (exact) mass is 572 g/mol. The fourth-order valence-corrected chi connectivity index (χ4v) is 4.35. The van der Waals surface area contributed by atoms with Gasteiger partial charge in [0.05, 0.1) is 13.2 Å². The van der Waals surface area contributed by atoms with Crippen LogP contribution in [0, 0.1) is 0 Å². The van der Waals surface area contributed by atoms with E-state index in [1.54, 1.807) is 0 Å². The predicted molar refractivity (Wildman–Crippen MR) is 177 cm³/mol. The average molecular weight is 573 g/mol. The first kappa shape index (κ1) is 39.1. The molecule has 1 N–H and O–H groups in total. The second-order valence-corrected chi connectivity index (χ2v) is 10.9. The lowest BCUT2D eigenvalue weighted by Gasteiger charge is -2.15. The molecule has 0 spiro atoms. The number of allylic oxidation sites excluding steroid dienone is 10. The average Bonchev–Trinajstić information content (AvgIpc) is 2.98. The molecular weight excluding hydrogens is 508 g/mol. The Hall–Kier alpha value is -1.91. The molecule has 0 rings (SSSR count). The number of rotatable bonds is 30. The SMILES string of the molecule is CC/C=C\C/C=C\C/C=C\C/C=C\C/C=C\CCCCCCCC(=O)OC(CO)COCCCCCCCCCC. The van der Waals surface area contributed by atoms with E-state index < -0.39 is 6.10 Å². The third kappa shape index (κ3) is 32.5. The Morgan fingerprint density at radius 2 is 1.10 bits per heavy atom. The first-order valence-electron chi connectivity index (χ1n) is 16.9. The van der Waals surface area contributed by atoms with E-state index in [2.05, 4.69) is 74.6 Å². The van der Waals surface area contributed by atoms with Crippen molar-refractivity contribution in [3.63, 3.8) is 0 Å². The summed E-state index contributed by atoms with van der Waals surface area (Å²) in [4.78, 5) is 12.1. The number of hydrogen-bond donors (Lipinski definition) is 1. The van der Waals surface area contributed by atoms with Gasteiger partial charge in [0.15, 0.2) is 0 Å². The Morgan fingerprint density at radius 3 is 1.66 bits per heavy atom. The second-order valence-electron chi connectivity index (χ2n) is 10.9. The third-order valence-electron chi connectivity index (χ3n) is 6.86. The van der Waals surface area contributed by atoms with Crippen LogP contribution < -0.4 is 0 Å². The molecule has 0 aromatic heterocycles. The van der Waals surface area contributed by atoms with Gasteiger partial charge < -0.3 is 14.6 Å². The summed E-state index contributed by atoms with van der Waals surface area (Å²) in [6.45, 7) is 5.17. The second kappa shape index (κ2) is 34.3. The molecule has 0 aliphatic carbocycles. The summed E-state index contributed by atoms with van der Waals surface area (Å²) in [5.41, 5.74) is 0. The molecule has 4 nitrogen and oxygen atoms in total. The van der Waals surface area contributed by atoms with Gasteiger partial charge in [0.25, 0.3) is 0 Å². The van der Waals surface area contributed by atoms with Gasteiger partial charge in [-0.2, -0.15) is 0 Å². The summed E-state index contributed by atoms with van der Waals surface area (Å²) in [7, 11) is 0. The maximum Gasteiger partial charge on any atom is 0.306 e. The smallest absolute Gasteiger partial charge is 0.306 e. The highest BCUT2D eigenvalue weighted by molar-refractivity contribution is 5.69. The first-order chi connectivity index (χ1) is 20.2. The summed E-state index contributed by atoms with van der Waals surface area (Å²) in [6, 6.07) is 0. The van der Waals surface area contributed by atoms with Crippen molar-refractivity contribution in [1.82, 2.24) is 0 Å². The van der Waals surface area contributed by atoms with Crippen LogP contribution in [-0.2, 0) is 14.3 Å². The van der Waals surface area contributed by atoms with Crippen LogP contribution >= 0.6 is 0 Å². The zero-order chi connectivity index (χ0) is 29.9. The summed E-state index contributed by atoms with van der Waals surface area (Å²) >= 11 is 0. The predicted octanol–water partition coefficient (Wildman–Crippen LogP) is 10.5. The lowest BCUT2D eigenvalue weighted by molar-refractivity contribution is -0.154. The maximum absolute atomic E-state index is 12.1. The van der Waals surface area contributed by atoms with Crippen LogP contribution in [0.3, 0.4) is 0 Å². The molecule has 0 aliphatic rings. The molecular formula is C37H64O4. The fraction of sp³-hybridized carbons (Fsp3) is 0.703. The van der Waals surface area contributed by atoms with E-state index in [1.807, 2.05) is 0 Å². The Labute approximate surface area is 254 Å². The number of carbonyl (C=O) groups is 1. The van der Waals surface area contributed by atoms with Crippen LogP contribution in [0.25, 0.3) is 0 Å². The van der Waals surface area contributed by atoms with Crippen molar-refractivity contribution in [3.8, 4) is 0 Å². The van der Waals surface area contributed by atoms with Crippen molar-refractivity contribution in [2.24, 2.45) is 0 Å². The molecule has 0 radical (unpaired) electrons. The van der Waals surface area contributed by atoms with Crippen LogP contribution in [0.4, 0.5) is 0 Å². The largest absolute Gasteiger partial charge is 0.457 e. The maximum atomic E-state index is 12.1. The number of aliphatic hydroxyl groups is 1. The van der Waals surface area contributed by atoms with Gasteiger partial charge in [0, 0.05) is 13.0 Å². The standard InChI is InChI=1S/C37H64O4/c1-3-5-7-9-11-13-14-15-16-17-18-19-20-21-22-23-24-25-26-28-30-32-37(39)41-36(34-38)35-40-33-31-29-27-12-10-8-6-4-2/h5,7,11,13,15-16,18-19,21-22,36,38H,3-4,6,8-10,12,14,17,20,23-35H2,1-2H3/b7-5-,13-11-,16-15-,19-18-,22-21-. The van der Waals surface area contributed by atoms with Crippen molar-refractivity contribution in [2.75, 3.05) is 19.8 Å². The number of hydrogen-bond acceptors (Lipinski definition) is 4. The summed E-state index contributed by atoms with van der Waals surface area (Å²) in [5.74, 6) is -0.224. The number of ether oxygens (including phenoxy) is 2. The Bertz CT molecular complexity index is 689. The Balaban J connectivity index is 3.55. The molecule has 0 aliphatic heterocycles. The summed E-state index contributed by atoms with van der Waals surface area (Å²) < 4.78 is 11.0. The van der Waals surface area contributed by atoms with Crippen LogP contribution in [0.2, 0.25) is 0 Å². The Kier molecular flexibility index (Phi) is 32.7. The highest BCUT2D eigenvalue weighted by atomic mass is 16.6. The number of esters is 1. The zero-order valence-corrected chi connectivity index (χ0v) is 26.8. The molecule has 1 unspecified atom stereocenters. The van der Waals surface area contributed by atoms with Gasteiger partial charge in [-0.05, 0) is 57.8 Å². The number of carbonyl (C=O) groups excluding carboxylic acids is 1. The van der Waals surface area contributed by atoms with Gasteiger partial charge in [-0.3, -0.25) is 4.79 Å². The first-order valence-corrected chi connectivity index (χ1v) is 16.9. The quantitative estimate of drug-likeness (QED) is 0.0528. The van der Waals surface area contributed by atoms with E-state index in [-0.39, 0.29) is 19.2 Å². The van der Waals surface area contributed by atoms with Gasteiger partial charge >= 0.3 is 5.97 Å². The van der Waals surface area contributed by atoms with E-state index in [0.717, 1.165) is 64.2 Å². The molecule has 0 fully saturated rings. The van der Waals surface area contributed by atoms with E-state index in [1.165, 1.54) is 57.8 Å². The molecule has 4 heteroatoms. The molecule has 0 heterocycles. The molecule has 0 aromatic carbocycles. The minimum atomic E-state index is -0.542. The highest BCUT2D eigenvalue weighted by Gasteiger charge is 2.13. The van der Waals surface area contributed by atoms with Gasteiger partial charge in [0.1, 0.15) is 6.10 Å². The van der Waals surface area contributed by atoms with Crippen LogP contribution in [0.1, 0.15) is 142 Å². The van der Waals surface area contributed by atoms with Crippen LogP contribution in [0.5, 0.6) is 0 Å². The molecule has 0 saturated carbocycles. The summed E-state index contributed by atoms with van der Waals surface area (Å²) in [5, 5.41) is 9.49. The van der Waals surface area contributed by atoms with E-state index in [4.69, 9.17) is 9.47 Å². The van der Waals surface area contributed by atoms with Crippen molar-refractivity contribution in [3.05, 3.63) is 60.8 Å². The minimum absolute atomic E-state index is 0.182. The van der Waals surface area contributed by atoms with E-state index in [0.29, 0.717) is 13.0 Å². The molecule has 41 heavy (non-hydrogen) atoms. The highest BCUT2D eigenvalue weighted by Crippen LogP contribution is 2.10. The van der Waals surface area contributed by atoms with E-state index >= 15 is 0 Å². The topological polar surface area (TPSA) is 55.8 Å². The number of unbranched alkanes of at least 4 members (excludes halogenated alkanes) is 12. The van der Waals surface area contributed by atoms with Crippen LogP contribution in [0.15, 0.2) is 60.8 Å². The zero-order valence-electron chi connectivity index (χ0n) is 26.8. The fourth-order valence-electron chi connectivity index (χ4n) is 4.35. The number of aliphatic hydroxyl groups excluding tert-OH is 1. The molecule has 0 saturated heterocycles. The minimum Gasteiger partial charge on any atom is -0.457 e. The van der Waals surface area contributed by atoms with Crippen LogP contribution in [-0.4, -0.2) is 37.0 Å². The molecule has 0 bridgehead atoms. The van der Waals surface area contributed by atoms with E-state index in [9.17, 15) is 9.90 Å². The van der Waals surface area contributed by atoms with Crippen molar-refractivity contribution < 1.29 is 19.4 Å². The molecule has 0 aromatic rings. The van der Waals surface area contributed by atoms with Crippen molar-refractivity contribution in [1.29, 1.82) is 0 Å². The molecule has 1 atom stereocenters. The third-order valence-corrected chi connectivity index (χ3v) is 6.86. The van der Waals surface area contributed by atoms with Gasteiger partial charge in [-0.25, -0.2) is 0 Å². The summed E-state index contributed by atoms with van der Waals surface area (Å²) in [6.07, 6.45) is 44.0. The van der Waals surface area contributed by atoms with Crippen molar-refractivity contribution >= 4 is 5.97 Å². The lowest BCUT2D eigenvalue weighted by Crippen LogP contribution is -2.27. The normalized spacial score (nSPS) is 13.1. The Morgan fingerprint density at radius 1 is 0.610 bits per heavy atom. The van der Waals surface area contributed by atoms with Gasteiger partial charge in [0.2, 0.25) is 0 Å². The van der Waals surface area contributed by atoms with Gasteiger partial charge in [-0.15, -0.1) is 0 Å². The lowest BCUT2D eigenvalue weighted by atomic mass is 10.1. The van der Waals surface area contributed by atoms with Gasteiger partial charge in [-0.1, -0.05) is 139 Å². The van der Waals surface area contributed by atoms with Crippen molar-refractivity contribution in [2.45, 2.75) is 148 Å².